The molecule has 0 fully saturated rings. The van der Waals surface area contributed by atoms with Crippen LogP contribution in [-0.4, -0.2) is 35.4 Å². The van der Waals surface area contributed by atoms with Gasteiger partial charge in [-0.25, -0.2) is 0 Å². The summed E-state index contributed by atoms with van der Waals surface area (Å²) in [6.07, 6.45) is 1.65. The lowest BCUT2D eigenvalue weighted by atomic mass is 9.93. The number of amides is 2. The number of nitrogens with one attached hydrogen (secondary N) is 1. The maximum absolute atomic E-state index is 11.7. The highest BCUT2D eigenvalue weighted by Gasteiger charge is 2.31. The number of nitrogens with two attached hydrogens (primary N) is 1. The molecule has 2 heterocycles. The Labute approximate surface area is 160 Å². The summed E-state index contributed by atoms with van der Waals surface area (Å²) in [4.78, 5) is 27.8. The molecule has 0 aliphatic carbocycles. The van der Waals surface area contributed by atoms with Crippen molar-refractivity contribution in [1.29, 1.82) is 0 Å². The largest absolute Gasteiger partial charge is 0.484 e. The first kappa shape index (κ1) is 17.4. The highest BCUT2D eigenvalue weighted by atomic mass is 35.5. The monoisotopic (exact) mass is 383 g/mol. The van der Waals surface area contributed by atoms with Gasteiger partial charge in [-0.05, 0) is 47.9 Å². The van der Waals surface area contributed by atoms with Crippen molar-refractivity contribution in [2.45, 2.75) is 12.5 Å². The normalized spacial score (nSPS) is 16.2. The van der Waals surface area contributed by atoms with Gasteiger partial charge in [0.2, 0.25) is 6.41 Å². The number of aromatic amines is 1. The molecule has 138 valence electrons. The minimum atomic E-state index is -0.528. The van der Waals surface area contributed by atoms with E-state index >= 15 is 0 Å². The summed E-state index contributed by atoms with van der Waals surface area (Å²) in [7, 11) is 0. The number of hydrogen-bond donors (Lipinski definition) is 2. The van der Waals surface area contributed by atoms with Gasteiger partial charge in [0.15, 0.2) is 6.61 Å². The summed E-state index contributed by atoms with van der Waals surface area (Å²) in [6.45, 7) is 0.455. The lowest BCUT2D eigenvalue weighted by Gasteiger charge is -2.33. The molecule has 0 radical (unpaired) electrons. The minimum absolute atomic E-state index is 0.170. The zero-order chi connectivity index (χ0) is 19.0. The Morgan fingerprint density at radius 1 is 1.30 bits per heavy atom. The minimum Gasteiger partial charge on any atom is -0.484 e. The Balaban J connectivity index is 1.74. The lowest BCUT2D eigenvalue weighted by molar-refractivity contribution is -0.120. The number of carbonyl (C=O) groups is 2. The highest BCUT2D eigenvalue weighted by molar-refractivity contribution is 6.31. The molecule has 0 spiro atoms. The number of benzene rings is 2. The van der Waals surface area contributed by atoms with Crippen molar-refractivity contribution < 1.29 is 14.3 Å². The first-order valence-electron chi connectivity index (χ1n) is 8.59. The first-order valence-corrected chi connectivity index (χ1v) is 8.96. The fraction of sp³-hybridized carbons (Fsp3) is 0.200. The van der Waals surface area contributed by atoms with Gasteiger partial charge in [0.25, 0.3) is 5.91 Å². The number of ether oxygens (including phenoxy) is 1. The summed E-state index contributed by atoms with van der Waals surface area (Å²) in [5, 5.41) is 1.78. The zero-order valence-electron chi connectivity index (χ0n) is 14.4. The van der Waals surface area contributed by atoms with Crippen LogP contribution in [0.1, 0.15) is 22.9 Å². The van der Waals surface area contributed by atoms with Gasteiger partial charge in [-0.3, -0.25) is 9.59 Å². The second kappa shape index (κ2) is 6.96. The van der Waals surface area contributed by atoms with Crippen molar-refractivity contribution in [1.82, 2.24) is 9.88 Å². The summed E-state index contributed by atoms with van der Waals surface area (Å²) in [5.41, 5.74) is 9.24. The number of fused-ring (bicyclic) bond motifs is 3. The number of aromatic nitrogens is 1. The van der Waals surface area contributed by atoms with Crippen LogP contribution >= 0.6 is 11.6 Å². The molecule has 0 bridgehead atoms. The molecule has 1 aromatic heterocycles. The summed E-state index contributed by atoms with van der Waals surface area (Å²) < 4.78 is 5.31. The van der Waals surface area contributed by atoms with Gasteiger partial charge in [-0.15, -0.1) is 0 Å². The van der Waals surface area contributed by atoms with E-state index in [0.717, 1.165) is 35.0 Å². The van der Waals surface area contributed by atoms with Gasteiger partial charge in [-0.1, -0.05) is 23.7 Å². The number of halogens is 1. The number of carbonyl (C=O) groups excluding carboxylic acids is 2. The van der Waals surface area contributed by atoms with Crippen LogP contribution in [0.4, 0.5) is 0 Å². The van der Waals surface area contributed by atoms with Crippen LogP contribution in [0.3, 0.4) is 0 Å². The molecule has 3 aromatic rings. The first-order chi connectivity index (χ1) is 13.1. The van der Waals surface area contributed by atoms with Crippen molar-refractivity contribution in [2.24, 2.45) is 5.73 Å². The number of primary amides is 1. The molecular weight excluding hydrogens is 366 g/mol. The average molecular weight is 384 g/mol. The maximum atomic E-state index is 11.7. The fourth-order valence-corrected chi connectivity index (χ4v) is 3.82. The van der Waals surface area contributed by atoms with E-state index in [1.165, 1.54) is 5.56 Å². The molecule has 2 amide bonds. The van der Waals surface area contributed by atoms with Crippen LogP contribution in [0, 0.1) is 0 Å². The fourth-order valence-electron chi connectivity index (χ4n) is 3.65. The molecule has 6 nitrogen and oxygen atoms in total. The van der Waals surface area contributed by atoms with Gasteiger partial charge >= 0.3 is 0 Å². The van der Waals surface area contributed by atoms with Crippen molar-refractivity contribution in [3.63, 3.8) is 0 Å². The van der Waals surface area contributed by atoms with Gasteiger partial charge in [0.05, 0.1) is 6.04 Å². The number of nitrogens with zero attached hydrogens (tertiary/aromatic N) is 1. The molecule has 7 heteroatoms. The van der Waals surface area contributed by atoms with Gasteiger partial charge in [0, 0.05) is 28.2 Å². The van der Waals surface area contributed by atoms with Gasteiger partial charge < -0.3 is 20.4 Å². The molecule has 0 saturated carbocycles. The standard InChI is InChI=1S/C20H18ClN3O3/c21-13-3-6-17-16(9-13)15-7-8-24(11-25)20(19(15)23-17)12-1-4-14(5-2-12)27-10-18(22)26/h1-6,9,11,20,23H,7-8,10H2,(H2,22,26). The molecule has 1 unspecified atom stereocenters. The van der Waals surface area contributed by atoms with Crippen molar-refractivity contribution in [2.75, 3.05) is 13.2 Å². The third-order valence-corrected chi connectivity index (χ3v) is 5.07. The zero-order valence-corrected chi connectivity index (χ0v) is 15.2. The van der Waals surface area contributed by atoms with Crippen LogP contribution in [0.2, 0.25) is 5.02 Å². The van der Waals surface area contributed by atoms with Crippen molar-refractivity contribution in [3.05, 3.63) is 64.3 Å². The maximum Gasteiger partial charge on any atom is 0.255 e. The van der Waals surface area contributed by atoms with Crippen LogP contribution < -0.4 is 10.5 Å². The van der Waals surface area contributed by atoms with Gasteiger partial charge in [0.1, 0.15) is 5.75 Å². The topological polar surface area (TPSA) is 88.4 Å². The number of hydrogen-bond acceptors (Lipinski definition) is 3. The Morgan fingerprint density at radius 2 is 2.07 bits per heavy atom. The van der Waals surface area contributed by atoms with Crippen LogP contribution in [0.15, 0.2) is 42.5 Å². The van der Waals surface area contributed by atoms with Crippen LogP contribution in [0.5, 0.6) is 5.75 Å². The quantitative estimate of drug-likeness (QED) is 0.664. The van der Waals surface area contributed by atoms with Crippen LogP contribution in [-0.2, 0) is 16.0 Å². The van der Waals surface area contributed by atoms with E-state index in [-0.39, 0.29) is 12.6 Å². The molecule has 1 aliphatic heterocycles. The van der Waals surface area contributed by atoms with E-state index in [2.05, 4.69) is 4.98 Å². The predicted octanol–water partition coefficient (Wildman–Crippen LogP) is 2.79. The third-order valence-electron chi connectivity index (χ3n) is 4.84. The molecule has 1 atom stereocenters. The lowest BCUT2D eigenvalue weighted by Crippen LogP contribution is -2.34. The molecule has 27 heavy (non-hydrogen) atoms. The van der Waals surface area contributed by atoms with Crippen LogP contribution in [0.25, 0.3) is 10.9 Å². The number of H-pyrrole nitrogens is 1. The molecule has 3 N–H and O–H groups in total. The highest BCUT2D eigenvalue weighted by Crippen LogP contribution is 2.38. The second-order valence-corrected chi connectivity index (χ2v) is 6.96. The smallest absolute Gasteiger partial charge is 0.255 e. The Morgan fingerprint density at radius 3 is 2.78 bits per heavy atom. The van der Waals surface area contributed by atoms with E-state index in [1.807, 2.05) is 30.3 Å². The Hall–Kier alpha value is -2.99. The molecular formula is C20H18ClN3O3. The second-order valence-electron chi connectivity index (χ2n) is 6.53. The SMILES string of the molecule is NC(=O)COc1ccc(C2c3[nH]c4ccc(Cl)cc4c3CCN2C=O)cc1. The third kappa shape index (κ3) is 3.24. The van der Waals surface area contributed by atoms with Crippen molar-refractivity contribution >= 4 is 34.8 Å². The summed E-state index contributed by atoms with van der Waals surface area (Å²) in [5.74, 6) is 0.0227. The molecule has 4 rings (SSSR count). The summed E-state index contributed by atoms with van der Waals surface area (Å²) >= 11 is 6.17. The average Bonchev–Trinajstić information content (AvgIpc) is 3.03. The Kier molecular flexibility index (Phi) is 4.49. The van der Waals surface area contributed by atoms with E-state index in [4.69, 9.17) is 22.1 Å². The van der Waals surface area contributed by atoms with E-state index in [1.54, 1.807) is 17.0 Å². The van der Waals surface area contributed by atoms with E-state index < -0.39 is 5.91 Å². The van der Waals surface area contributed by atoms with E-state index in [0.29, 0.717) is 17.3 Å². The van der Waals surface area contributed by atoms with E-state index in [9.17, 15) is 9.59 Å². The Bertz CT molecular complexity index is 1010. The molecule has 0 saturated heterocycles. The molecule has 1 aliphatic rings. The number of rotatable bonds is 5. The predicted molar refractivity (Wildman–Crippen MR) is 103 cm³/mol. The van der Waals surface area contributed by atoms with Gasteiger partial charge in [-0.2, -0.15) is 0 Å². The summed E-state index contributed by atoms with van der Waals surface area (Å²) in [6, 6.07) is 12.9. The molecule has 2 aromatic carbocycles. The van der Waals surface area contributed by atoms with Crippen molar-refractivity contribution in [3.8, 4) is 5.75 Å².